The largest absolute Gasteiger partial charge is 0.494 e. The van der Waals surface area contributed by atoms with Crippen molar-refractivity contribution in [1.29, 1.82) is 0 Å². The summed E-state index contributed by atoms with van der Waals surface area (Å²) >= 11 is 6.41. The van der Waals surface area contributed by atoms with Gasteiger partial charge in [0.25, 0.3) is 5.91 Å². The maximum Gasteiger partial charge on any atom is 0.255 e. The van der Waals surface area contributed by atoms with Crippen molar-refractivity contribution in [1.82, 2.24) is 0 Å². The summed E-state index contributed by atoms with van der Waals surface area (Å²) in [6, 6.07) is 12.7. The zero-order valence-corrected chi connectivity index (χ0v) is 15.6. The molecule has 0 bridgehead atoms. The molecule has 6 heteroatoms. The van der Waals surface area contributed by atoms with E-state index in [1.807, 2.05) is 12.1 Å². The fraction of sp³-hybridized carbons (Fsp3) is 0.350. The summed E-state index contributed by atoms with van der Waals surface area (Å²) in [6.07, 6.45) is 0.948. The van der Waals surface area contributed by atoms with Crippen LogP contribution in [0.15, 0.2) is 42.5 Å². The van der Waals surface area contributed by atoms with Crippen molar-refractivity contribution in [2.45, 2.75) is 13.3 Å². The lowest BCUT2D eigenvalue weighted by molar-refractivity contribution is 0.102. The molecule has 0 aromatic heterocycles. The van der Waals surface area contributed by atoms with Gasteiger partial charge in [0.05, 0.1) is 30.5 Å². The summed E-state index contributed by atoms with van der Waals surface area (Å²) in [7, 11) is 0. The number of carbonyl (C=O) groups excluding carboxylic acids is 1. The summed E-state index contributed by atoms with van der Waals surface area (Å²) in [4.78, 5) is 14.6. The molecule has 2 aromatic rings. The summed E-state index contributed by atoms with van der Waals surface area (Å²) in [5.74, 6) is 0.587. The van der Waals surface area contributed by atoms with Crippen LogP contribution in [-0.4, -0.2) is 38.8 Å². The van der Waals surface area contributed by atoms with Gasteiger partial charge in [0.1, 0.15) is 5.75 Å². The van der Waals surface area contributed by atoms with Gasteiger partial charge in [-0.3, -0.25) is 4.79 Å². The predicted octanol–water partition coefficient (Wildman–Crippen LogP) is 4.22. The third-order valence-electron chi connectivity index (χ3n) is 4.15. The van der Waals surface area contributed by atoms with Crippen molar-refractivity contribution in [3.8, 4) is 5.75 Å². The number of anilines is 2. The molecule has 1 N–H and O–H groups in total. The first-order valence-corrected chi connectivity index (χ1v) is 9.21. The molecule has 1 heterocycles. The van der Waals surface area contributed by atoms with Crippen molar-refractivity contribution >= 4 is 28.9 Å². The van der Waals surface area contributed by atoms with E-state index in [-0.39, 0.29) is 5.91 Å². The second-order valence-corrected chi connectivity index (χ2v) is 6.50. The van der Waals surface area contributed by atoms with E-state index in [1.165, 1.54) is 0 Å². The third kappa shape index (κ3) is 4.68. The van der Waals surface area contributed by atoms with E-state index in [0.717, 1.165) is 30.9 Å². The lowest BCUT2D eigenvalue weighted by atomic mass is 10.2. The van der Waals surface area contributed by atoms with Crippen molar-refractivity contribution in [2.75, 3.05) is 43.1 Å². The van der Waals surface area contributed by atoms with Gasteiger partial charge in [-0.15, -0.1) is 0 Å². The lowest BCUT2D eigenvalue weighted by Gasteiger charge is -2.29. The van der Waals surface area contributed by atoms with E-state index >= 15 is 0 Å². The molecule has 1 aliphatic heterocycles. The zero-order valence-electron chi connectivity index (χ0n) is 14.8. The van der Waals surface area contributed by atoms with Crippen molar-refractivity contribution < 1.29 is 14.3 Å². The van der Waals surface area contributed by atoms with E-state index in [1.54, 1.807) is 30.3 Å². The number of carbonyl (C=O) groups is 1. The topological polar surface area (TPSA) is 50.8 Å². The molecule has 0 aliphatic carbocycles. The molecule has 5 nitrogen and oxygen atoms in total. The second-order valence-electron chi connectivity index (χ2n) is 6.09. The molecule has 138 valence electrons. The molecule has 2 aromatic carbocycles. The van der Waals surface area contributed by atoms with Gasteiger partial charge < -0.3 is 19.7 Å². The van der Waals surface area contributed by atoms with Crippen LogP contribution in [0.4, 0.5) is 11.4 Å². The molecule has 0 atom stereocenters. The zero-order chi connectivity index (χ0) is 18.4. The summed E-state index contributed by atoms with van der Waals surface area (Å²) < 4.78 is 10.9. The maximum absolute atomic E-state index is 12.4. The molecule has 1 amide bonds. The Bertz CT molecular complexity index is 743. The Morgan fingerprint density at radius 2 is 1.92 bits per heavy atom. The van der Waals surface area contributed by atoms with E-state index in [9.17, 15) is 4.79 Å². The number of benzene rings is 2. The molecule has 26 heavy (non-hydrogen) atoms. The standard InChI is InChI=1S/C20H23ClN2O3/c1-2-11-26-17-6-3-15(4-7-17)20(24)22-16-5-8-19(18(21)14-16)23-9-12-25-13-10-23/h3-8,14H,2,9-13H2,1H3,(H,22,24). The highest BCUT2D eigenvalue weighted by atomic mass is 35.5. The highest BCUT2D eigenvalue weighted by molar-refractivity contribution is 6.33. The molecular weight excluding hydrogens is 352 g/mol. The molecule has 0 spiro atoms. The number of hydrogen-bond acceptors (Lipinski definition) is 4. The Labute approximate surface area is 158 Å². The lowest BCUT2D eigenvalue weighted by Crippen LogP contribution is -2.36. The van der Waals surface area contributed by atoms with Gasteiger partial charge in [0.2, 0.25) is 0 Å². The Balaban J connectivity index is 1.64. The van der Waals surface area contributed by atoms with E-state index in [0.29, 0.717) is 36.1 Å². The Hall–Kier alpha value is -2.24. The highest BCUT2D eigenvalue weighted by Crippen LogP contribution is 2.29. The summed E-state index contributed by atoms with van der Waals surface area (Å²) in [6.45, 7) is 5.76. The molecule has 1 saturated heterocycles. The highest BCUT2D eigenvalue weighted by Gasteiger charge is 2.15. The number of rotatable bonds is 6. The molecule has 1 fully saturated rings. The van der Waals surface area contributed by atoms with Gasteiger partial charge in [-0.25, -0.2) is 0 Å². The van der Waals surface area contributed by atoms with Gasteiger partial charge in [-0.2, -0.15) is 0 Å². The fourth-order valence-corrected chi connectivity index (χ4v) is 3.07. The number of hydrogen-bond donors (Lipinski definition) is 1. The normalized spacial score (nSPS) is 14.2. The van der Waals surface area contributed by atoms with Gasteiger partial charge in [0.15, 0.2) is 0 Å². The first-order valence-electron chi connectivity index (χ1n) is 8.84. The Morgan fingerprint density at radius 3 is 2.58 bits per heavy atom. The molecule has 1 aliphatic rings. The van der Waals surface area contributed by atoms with Crippen LogP contribution < -0.4 is 15.0 Å². The van der Waals surface area contributed by atoms with Crippen LogP contribution in [0.5, 0.6) is 5.75 Å². The van der Waals surface area contributed by atoms with E-state index in [4.69, 9.17) is 21.1 Å². The fourth-order valence-electron chi connectivity index (χ4n) is 2.77. The number of nitrogens with zero attached hydrogens (tertiary/aromatic N) is 1. The number of ether oxygens (including phenoxy) is 2. The van der Waals surface area contributed by atoms with Crippen LogP contribution in [0, 0.1) is 0 Å². The molecule has 0 unspecified atom stereocenters. The summed E-state index contributed by atoms with van der Waals surface area (Å²) in [5.41, 5.74) is 2.20. The quantitative estimate of drug-likeness (QED) is 0.822. The first kappa shape index (κ1) is 18.5. The predicted molar refractivity (Wildman–Crippen MR) is 105 cm³/mol. The van der Waals surface area contributed by atoms with Gasteiger partial charge in [0, 0.05) is 24.3 Å². The Morgan fingerprint density at radius 1 is 1.19 bits per heavy atom. The molecule has 3 rings (SSSR count). The number of nitrogens with one attached hydrogen (secondary N) is 1. The van der Waals surface area contributed by atoms with Crippen LogP contribution in [0.2, 0.25) is 5.02 Å². The monoisotopic (exact) mass is 374 g/mol. The SMILES string of the molecule is CCCOc1ccc(C(=O)Nc2ccc(N3CCOCC3)c(Cl)c2)cc1. The van der Waals surface area contributed by atoms with E-state index in [2.05, 4.69) is 17.1 Å². The van der Waals surface area contributed by atoms with Gasteiger partial charge in [-0.1, -0.05) is 18.5 Å². The molecule has 0 radical (unpaired) electrons. The van der Waals surface area contributed by atoms with Crippen molar-refractivity contribution in [3.63, 3.8) is 0 Å². The van der Waals surface area contributed by atoms with Crippen LogP contribution in [0.25, 0.3) is 0 Å². The van der Waals surface area contributed by atoms with Crippen LogP contribution in [0.1, 0.15) is 23.7 Å². The molecular formula is C20H23ClN2O3. The Kier molecular flexibility index (Phi) is 6.36. The third-order valence-corrected chi connectivity index (χ3v) is 4.45. The van der Waals surface area contributed by atoms with Gasteiger partial charge in [-0.05, 0) is 48.9 Å². The minimum atomic E-state index is -0.178. The van der Waals surface area contributed by atoms with Crippen LogP contribution >= 0.6 is 11.6 Å². The van der Waals surface area contributed by atoms with Gasteiger partial charge >= 0.3 is 0 Å². The summed E-state index contributed by atoms with van der Waals surface area (Å²) in [5, 5.41) is 3.50. The second kappa shape index (κ2) is 8.92. The minimum Gasteiger partial charge on any atom is -0.494 e. The number of halogens is 1. The smallest absolute Gasteiger partial charge is 0.255 e. The maximum atomic E-state index is 12.4. The van der Waals surface area contributed by atoms with Crippen molar-refractivity contribution in [3.05, 3.63) is 53.1 Å². The average Bonchev–Trinajstić information content (AvgIpc) is 2.67. The van der Waals surface area contributed by atoms with Crippen LogP contribution in [0.3, 0.4) is 0 Å². The number of amides is 1. The van der Waals surface area contributed by atoms with Crippen molar-refractivity contribution in [2.24, 2.45) is 0 Å². The van der Waals surface area contributed by atoms with E-state index < -0.39 is 0 Å². The van der Waals surface area contributed by atoms with Crippen LogP contribution in [-0.2, 0) is 4.74 Å². The minimum absolute atomic E-state index is 0.178. The first-order chi connectivity index (χ1) is 12.7. The average molecular weight is 375 g/mol. The number of morpholine rings is 1. The molecule has 0 saturated carbocycles.